The number of nitrogens with zero attached hydrogens (tertiary/aromatic N) is 1. The highest BCUT2D eigenvalue weighted by Gasteiger charge is 2.28. The second kappa shape index (κ2) is 5.69. The van der Waals surface area contributed by atoms with Crippen LogP contribution >= 0.6 is 0 Å². The van der Waals surface area contributed by atoms with Gasteiger partial charge >= 0.3 is 0 Å². The SMILES string of the molecule is COc1ccc([N+](=O)[O-])c(NC2CCC(C)(C)CC2)c1. The molecule has 0 saturated heterocycles. The summed E-state index contributed by atoms with van der Waals surface area (Å²) in [6.07, 6.45) is 4.37. The summed E-state index contributed by atoms with van der Waals surface area (Å²) in [6, 6.07) is 5.12. The van der Waals surface area contributed by atoms with Crippen molar-refractivity contribution in [2.24, 2.45) is 5.41 Å². The first kappa shape index (κ1) is 14.6. The van der Waals surface area contributed by atoms with Crippen molar-refractivity contribution in [1.82, 2.24) is 0 Å². The van der Waals surface area contributed by atoms with Crippen LogP contribution < -0.4 is 10.1 Å². The molecule has 1 aromatic rings. The van der Waals surface area contributed by atoms with Gasteiger partial charge in [0.05, 0.1) is 12.0 Å². The standard InChI is InChI=1S/C15H22N2O3/c1-15(2)8-6-11(7-9-15)16-13-10-12(20-3)4-5-14(13)17(18)19/h4-5,10-11,16H,6-9H2,1-3H3. The number of benzene rings is 1. The van der Waals surface area contributed by atoms with Gasteiger partial charge in [0, 0.05) is 18.2 Å². The Hall–Kier alpha value is -1.78. The highest BCUT2D eigenvalue weighted by Crippen LogP contribution is 2.37. The fourth-order valence-corrected chi connectivity index (χ4v) is 2.68. The van der Waals surface area contributed by atoms with Gasteiger partial charge in [0.1, 0.15) is 11.4 Å². The van der Waals surface area contributed by atoms with E-state index in [9.17, 15) is 10.1 Å². The fraction of sp³-hybridized carbons (Fsp3) is 0.600. The van der Waals surface area contributed by atoms with E-state index in [1.807, 2.05) is 0 Å². The van der Waals surface area contributed by atoms with Crippen molar-refractivity contribution in [3.8, 4) is 5.75 Å². The number of anilines is 1. The van der Waals surface area contributed by atoms with Gasteiger partial charge in [0.25, 0.3) is 5.69 Å². The monoisotopic (exact) mass is 278 g/mol. The molecule has 1 fully saturated rings. The fourth-order valence-electron chi connectivity index (χ4n) is 2.68. The molecule has 0 radical (unpaired) electrons. The number of rotatable bonds is 4. The van der Waals surface area contributed by atoms with Gasteiger partial charge in [0.15, 0.2) is 0 Å². The van der Waals surface area contributed by atoms with Crippen LogP contribution in [0.2, 0.25) is 0 Å². The number of ether oxygens (including phenoxy) is 1. The normalized spacial score (nSPS) is 18.6. The summed E-state index contributed by atoms with van der Waals surface area (Å²) in [4.78, 5) is 10.7. The highest BCUT2D eigenvalue weighted by atomic mass is 16.6. The van der Waals surface area contributed by atoms with E-state index in [4.69, 9.17) is 4.74 Å². The molecule has 5 heteroatoms. The zero-order valence-electron chi connectivity index (χ0n) is 12.3. The van der Waals surface area contributed by atoms with E-state index in [-0.39, 0.29) is 10.6 Å². The topological polar surface area (TPSA) is 64.4 Å². The average molecular weight is 278 g/mol. The van der Waals surface area contributed by atoms with E-state index in [1.54, 1.807) is 19.2 Å². The molecule has 0 aromatic heterocycles. The van der Waals surface area contributed by atoms with Gasteiger partial charge in [-0.05, 0) is 37.2 Å². The molecular formula is C15H22N2O3. The Morgan fingerprint density at radius 2 is 2.00 bits per heavy atom. The summed E-state index contributed by atoms with van der Waals surface area (Å²) >= 11 is 0. The molecule has 1 aliphatic rings. The van der Waals surface area contributed by atoms with Crippen molar-refractivity contribution in [3.05, 3.63) is 28.3 Å². The van der Waals surface area contributed by atoms with E-state index < -0.39 is 0 Å². The van der Waals surface area contributed by atoms with Crippen LogP contribution in [0, 0.1) is 15.5 Å². The van der Waals surface area contributed by atoms with E-state index >= 15 is 0 Å². The van der Waals surface area contributed by atoms with Crippen molar-refractivity contribution < 1.29 is 9.66 Å². The van der Waals surface area contributed by atoms with Gasteiger partial charge in [-0.15, -0.1) is 0 Å². The van der Waals surface area contributed by atoms with Gasteiger partial charge in [-0.2, -0.15) is 0 Å². The van der Waals surface area contributed by atoms with Crippen LogP contribution in [0.25, 0.3) is 0 Å². The van der Waals surface area contributed by atoms with E-state index in [2.05, 4.69) is 19.2 Å². The lowest BCUT2D eigenvalue weighted by Gasteiger charge is -2.35. The molecule has 1 saturated carbocycles. The molecule has 5 nitrogen and oxygen atoms in total. The van der Waals surface area contributed by atoms with Crippen LogP contribution in [0.1, 0.15) is 39.5 Å². The van der Waals surface area contributed by atoms with Crippen LogP contribution in [0.15, 0.2) is 18.2 Å². The lowest BCUT2D eigenvalue weighted by atomic mass is 9.75. The number of methoxy groups -OCH3 is 1. The molecule has 110 valence electrons. The molecule has 0 aliphatic heterocycles. The number of nitro benzene ring substituents is 1. The smallest absolute Gasteiger partial charge is 0.292 e. The average Bonchev–Trinajstić information content (AvgIpc) is 2.40. The quantitative estimate of drug-likeness (QED) is 0.668. The highest BCUT2D eigenvalue weighted by molar-refractivity contribution is 5.64. The first-order valence-corrected chi connectivity index (χ1v) is 7.00. The third-order valence-electron chi connectivity index (χ3n) is 4.10. The Kier molecular flexibility index (Phi) is 4.16. The number of hydrogen-bond acceptors (Lipinski definition) is 4. The number of hydrogen-bond donors (Lipinski definition) is 1. The third-order valence-corrected chi connectivity index (χ3v) is 4.10. The molecule has 0 atom stereocenters. The Morgan fingerprint density at radius 1 is 1.35 bits per heavy atom. The predicted octanol–water partition coefficient (Wildman–Crippen LogP) is 3.98. The number of nitrogens with one attached hydrogen (secondary N) is 1. The molecular weight excluding hydrogens is 256 g/mol. The molecule has 0 spiro atoms. The third kappa shape index (κ3) is 3.40. The van der Waals surface area contributed by atoms with Gasteiger partial charge in [0.2, 0.25) is 0 Å². The van der Waals surface area contributed by atoms with Crippen LogP contribution in [-0.4, -0.2) is 18.1 Å². The Labute approximate surface area is 119 Å². The molecule has 20 heavy (non-hydrogen) atoms. The summed E-state index contributed by atoms with van der Waals surface area (Å²) < 4.78 is 5.15. The van der Waals surface area contributed by atoms with E-state index in [0.717, 1.165) is 25.7 Å². The predicted molar refractivity (Wildman–Crippen MR) is 79.3 cm³/mol. The minimum atomic E-state index is -0.353. The van der Waals surface area contributed by atoms with Crippen LogP contribution in [0.5, 0.6) is 5.75 Å². The second-order valence-electron chi connectivity index (χ2n) is 6.22. The van der Waals surface area contributed by atoms with Crippen LogP contribution in [-0.2, 0) is 0 Å². The lowest BCUT2D eigenvalue weighted by molar-refractivity contribution is -0.384. The second-order valence-corrected chi connectivity index (χ2v) is 6.22. The molecule has 0 heterocycles. The number of nitro groups is 1. The van der Waals surface area contributed by atoms with Crippen LogP contribution in [0.4, 0.5) is 11.4 Å². The molecule has 1 aromatic carbocycles. The van der Waals surface area contributed by atoms with Crippen LogP contribution in [0.3, 0.4) is 0 Å². The maximum absolute atomic E-state index is 11.1. The Morgan fingerprint density at radius 3 is 2.55 bits per heavy atom. The molecule has 0 amide bonds. The van der Waals surface area contributed by atoms with Crippen molar-refractivity contribution in [3.63, 3.8) is 0 Å². The van der Waals surface area contributed by atoms with Gasteiger partial charge in [-0.1, -0.05) is 13.8 Å². The minimum Gasteiger partial charge on any atom is -0.497 e. The molecule has 0 bridgehead atoms. The first-order chi connectivity index (χ1) is 9.41. The molecule has 2 rings (SSSR count). The summed E-state index contributed by atoms with van der Waals surface area (Å²) in [5.74, 6) is 0.634. The molecule has 1 aliphatic carbocycles. The van der Waals surface area contributed by atoms with Crippen molar-refractivity contribution in [2.75, 3.05) is 12.4 Å². The zero-order valence-corrected chi connectivity index (χ0v) is 12.3. The lowest BCUT2D eigenvalue weighted by Crippen LogP contribution is -2.30. The summed E-state index contributed by atoms with van der Waals surface area (Å²) in [5, 5.41) is 14.4. The van der Waals surface area contributed by atoms with Crippen molar-refractivity contribution >= 4 is 11.4 Å². The first-order valence-electron chi connectivity index (χ1n) is 7.00. The molecule has 0 unspecified atom stereocenters. The van der Waals surface area contributed by atoms with Gasteiger partial charge in [-0.3, -0.25) is 10.1 Å². The summed E-state index contributed by atoms with van der Waals surface area (Å²) in [5.41, 5.74) is 1.05. The van der Waals surface area contributed by atoms with E-state index in [0.29, 0.717) is 22.9 Å². The Bertz CT molecular complexity index is 490. The zero-order chi connectivity index (χ0) is 14.8. The summed E-state index contributed by atoms with van der Waals surface area (Å²) in [6.45, 7) is 4.55. The largest absolute Gasteiger partial charge is 0.497 e. The van der Waals surface area contributed by atoms with Crippen molar-refractivity contribution in [2.45, 2.75) is 45.6 Å². The maximum Gasteiger partial charge on any atom is 0.292 e. The summed E-state index contributed by atoms with van der Waals surface area (Å²) in [7, 11) is 1.56. The van der Waals surface area contributed by atoms with E-state index in [1.165, 1.54) is 6.07 Å². The Balaban J connectivity index is 2.14. The maximum atomic E-state index is 11.1. The molecule has 1 N–H and O–H groups in total. The van der Waals surface area contributed by atoms with Gasteiger partial charge in [-0.25, -0.2) is 0 Å². The minimum absolute atomic E-state index is 0.107. The van der Waals surface area contributed by atoms with Crippen molar-refractivity contribution in [1.29, 1.82) is 0 Å². The van der Waals surface area contributed by atoms with Gasteiger partial charge < -0.3 is 10.1 Å².